The zero-order valence-electron chi connectivity index (χ0n) is 16.1. The van der Waals surface area contributed by atoms with Gasteiger partial charge in [-0.2, -0.15) is 0 Å². The van der Waals surface area contributed by atoms with Crippen molar-refractivity contribution in [2.24, 2.45) is 0 Å². The van der Waals surface area contributed by atoms with Gasteiger partial charge in [0.1, 0.15) is 0 Å². The molecule has 2 heterocycles. The van der Waals surface area contributed by atoms with Gasteiger partial charge < -0.3 is 9.32 Å². The minimum absolute atomic E-state index is 0. The maximum atomic E-state index is 6.17. The number of aromatic nitrogens is 2. The summed E-state index contributed by atoms with van der Waals surface area (Å²) in [4.78, 5) is 4.75. The number of halogens is 2. The Morgan fingerprint density at radius 3 is 2.46 bits per heavy atom. The van der Waals surface area contributed by atoms with Crippen LogP contribution in [0.2, 0.25) is 5.02 Å². The molecular weight excluding hydrogens is 395 g/mol. The molecule has 0 N–H and O–H groups in total. The molecule has 28 heavy (non-hydrogen) atoms. The fourth-order valence-electron chi connectivity index (χ4n) is 3.50. The van der Waals surface area contributed by atoms with Crippen molar-refractivity contribution in [3.05, 3.63) is 64.5 Å². The molecule has 0 bridgehead atoms. The molecule has 0 aliphatic carbocycles. The first-order valence-corrected chi connectivity index (χ1v) is 9.60. The molecule has 5 nitrogen and oxygen atoms in total. The van der Waals surface area contributed by atoms with E-state index in [0.717, 1.165) is 42.3 Å². The minimum Gasteiger partial charge on any atom is -0.419 e. The van der Waals surface area contributed by atoms with Crippen molar-refractivity contribution in [1.82, 2.24) is 15.1 Å². The van der Waals surface area contributed by atoms with Crippen LogP contribution < -0.4 is 4.90 Å². The highest BCUT2D eigenvalue weighted by Crippen LogP contribution is 2.26. The summed E-state index contributed by atoms with van der Waals surface area (Å²) in [5.41, 5.74) is 4.62. The molecule has 1 saturated heterocycles. The molecule has 4 rings (SSSR count). The topological polar surface area (TPSA) is 45.4 Å². The molecule has 3 aromatic rings. The Bertz CT molecular complexity index is 936. The van der Waals surface area contributed by atoms with Gasteiger partial charge in [-0.1, -0.05) is 35.9 Å². The number of hydrogen-bond donors (Lipinski definition) is 0. The van der Waals surface area contributed by atoms with E-state index in [4.69, 9.17) is 16.0 Å². The van der Waals surface area contributed by atoms with Crippen LogP contribution in [0.15, 0.2) is 46.9 Å². The average molecular weight is 419 g/mol. The van der Waals surface area contributed by atoms with Crippen LogP contribution in [-0.2, 0) is 6.54 Å². The molecule has 148 valence electrons. The average Bonchev–Trinajstić information content (AvgIpc) is 3.13. The van der Waals surface area contributed by atoms with E-state index in [1.54, 1.807) is 0 Å². The van der Waals surface area contributed by atoms with Gasteiger partial charge in [-0.3, -0.25) is 4.90 Å². The van der Waals surface area contributed by atoms with Crippen LogP contribution in [0.4, 0.5) is 5.69 Å². The summed E-state index contributed by atoms with van der Waals surface area (Å²) >= 11 is 6.17. The quantitative estimate of drug-likeness (QED) is 0.611. The normalized spacial score (nSPS) is 14.8. The Kier molecular flexibility index (Phi) is 6.60. The zero-order chi connectivity index (χ0) is 18.8. The van der Waals surface area contributed by atoms with Crippen LogP contribution in [0.3, 0.4) is 0 Å². The predicted octanol–water partition coefficient (Wildman–Crippen LogP) is 4.75. The molecule has 1 aliphatic rings. The lowest BCUT2D eigenvalue weighted by Crippen LogP contribution is -2.46. The van der Waals surface area contributed by atoms with E-state index >= 15 is 0 Å². The molecule has 1 fully saturated rings. The number of piperazine rings is 1. The lowest BCUT2D eigenvalue weighted by molar-refractivity contribution is 0.227. The second kappa shape index (κ2) is 8.95. The lowest BCUT2D eigenvalue weighted by atomic mass is 10.1. The fourth-order valence-corrected chi connectivity index (χ4v) is 3.67. The lowest BCUT2D eigenvalue weighted by Gasteiger charge is -2.36. The van der Waals surface area contributed by atoms with E-state index in [9.17, 15) is 0 Å². The van der Waals surface area contributed by atoms with Gasteiger partial charge in [0, 0.05) is 42.5 Å². The first-order chi connectivity index (χ1) is 13.1. The number of aryl methyl sites for hydroxylation is 2. The van der Waals surface area contributed by atoms with Gasteiger partial charge in [0.05, 0.1) is 6.54 Å². The molecule has 0 saturated carbocycles. The molecule has 0 amide bonds. The van der Waals surface area contributed by atoms with Gasteiger partial charge in [0.2, 0.25) is 11.8 Å². The van der Waals surface area contributed by atoms with Crippen molar-refractivity contribution in [1.29, 1.82) is 0 Å². The molecular formula is C21H24Cl2N4O. The van der Waals surface area contributed by atoms with Crippen molar-refractivity contribution in [2.75, 3.05) is 31.1 Å². The number of rotatable bonds is 4. The van der Waals surface area contributed by atoms with Crippen LogP contribution in [0.5, 0.6) is 0 Å². The number of benzene rings is 2. The second-order valence-electron chi connectivity index (χ2n) is 7.01. The maximum Gasteiger partial charge on any atom is 0.248 e. The third kappa shape index (κ3) is 4.49. The first kappa shape index (κ1) is 20.6. The van der Waals surface area contributed by atoms with Gasteiger partial charge in [-0.15, -0.1) is 22.6 Å². The first-order valence-electron chi connectivity index (χ1n) is 9.22. The van der Waals surface area contributed by atoms with Gasteiger partial charge >= 0.3 is 0 Å². The second-order valence-corrected chi connectivity index (χ2v) is 7.45. The van der Waals surface area contributed by atoms with Crippen LogP contribution in [0.1, 0.15) is 17.0 Å². The summed E-state index contributed by atoms with van der Waals surface area (Å²) in [5.74, 6) is 1.26. The van der Waals surface area contributed by atoms with Gasteiger partial charge in [-0.05, 0) is 43.2 Å². The fraction of sp³-hybridized carbons (Fsp3) is 0.333. The Hall–Kier alpha value is -2.08. The Balaban J connectivity index is 0.00000225. The number of anilines is 1. The van der Waals surface area contributed by atoms with Crippen LogP contribution in [0.25, 0.3) is 11.5 Å². The summed E-state index contributed by atoms with van der Waals surface area (Å²) in [7, 11) is 0. The van der Waals surface area contributed by atoms with Crippen molar-refractivity contribution < 1.29 is 4.42 Å². The van der Waals surface area contributed by atoms with Crippen LogP contribution in [-0.4, -0.2) is 41.3 Å². The van der Waals surface area contributed by atoms with Crippen molar-refractivity contribution in [3.8, 4) is 11.5 Å². The van der Waals surface area contributed by atoms with E-state index in [2.05, 4.69) is 52.0 Å². The summed E-state index contributed by atoms with van der Waals surface area (Å²) in [6.07, 6.45) is 0. The van der Waals surface area contributed by atoms with Gasteiger partial charge in [-0.25, -0.2) is 0 Å². The standard InChI is InChI=1S/C21H23ClN4O.ClH/c1-15-5-3-4-6-18(15)21-24-23-20(27-21)14-25-9-11-26(12-10-25)19-13-17(22)8-7-16(19)2;/h3-8,13H,9-12,14H2,1-2H3;1H. The maximum absolute atomic E-state index is 6.17. The van der Waals surface area contributed by atoms with Crippen molar-refractivity contribution in [2.45, 2.75) is 20.4 Å². The van der Waals surface area contributed by atoms with Crippen LogP contribution >= 0.6 is 24.0 Å². The Morgan fingerprint density at radius 1 is 0.964 bits per heavy atom. The third-order valence-electron chi connectivity index (χ3n) is 5.09. The molecule has 2 aromatic carbocycles. The molecule has 0 radical (unpaired) electrons. The molecule has 0 unspecified atom stereocenters. The monoisotopic (exact) mass is 418 g/mol. The SMILES string of the molecule is Cc1ccccc1-c1nnc(CN2CCN(c3cc(Cl)ccc3C)CC2)o1.Cl. The Labute approximate surface area is 176 Å². The number of nitrogens with zero attached hydrogens (tertiary/aromatic N) is 4. The zero-order valence-corrected chi connectivity index (χ0v) is 17.6. The minimum atomic E-state index is 0. The van der Waals surface area contributed by atoms with Gasteiger partial charge in [0.15, 0.2) is 0 Å². The van der Waals surface area contributed by atoms with Gasteiger partial charge in [0.25, 0.3) is 0 Å². The summed E-state index contributed by atoms with van der Waals surface area (Å²) < 4.78 is 5.90. The van der Waals surface area contributed by atoms with E-state index in [1.807, 2.05) is 24.3 Å². The smallest absolute Gasteiger partial charge is 0.248 e. The van der Waals surface area contributed by atoms with E-state index in [0.29, 0.717) is 18.3 Å². The summed E-state index contributed by atoms with van der Waals surface area (Å²) in [5, 5.41) is 9.25. The van der Waals surface area contributed by atoms with Crippen molar-refractivity contribution in [3.63, 3.8) is 0 Å². The molecule has 7 heteroatoms. The van der Waals surface area contributed by atoms with Crippen LogP contribution in [0, 0.1) is 13.8 Å². The number of hydrogen-bond acceptors (Lipinski definition) is 5. The largest absolute Gasteiger partial charge is 0.419 e. The molecule has 0 spiro atoms. The third-order valence-corrected chi connectivity index (χ3v) is 5.32. The summed E-state index contributed by atoms with van der Waals surface area (Å²) in [6, 6.07) is 14.1. The Morgan fingerprint density at radius 2 is 1.71 bits per heavy atom. The van der Waals surface area contributed by atoms with E-state index in [1.165, 1.54) is 11.3 Å². The molecule has 1 aliphatic heterocycles. The van der Waals surface area contributed by atoms with E-state index in [-0.39, 0.29) is 12.4 Å². The van der Waals surface area contributed by atoms with E-state index < -0.39 is 0 Å². The summed E-state index contributed by atoms with van der Waals surface area (Å²) in [6.45, 7) is 8.68. The molecule has 0 atom stereocenters. The highest BCUT2D eigenvalue weighted by molar-refractivity contribution is 6.30. The predicted molar refractivity (Wildman–Crippen MR) is 115 cm³/mol. The van der Waals surface area contributed by atoms with Crippen molar-refractivity contribution >= 4 is 29.7 Å². The molecule has 1 aromatic heterocycles. The highest BCUT2D eigenvalue weighted by Gasteiger charge is 2.21. The highest BCUT2D eigenvalue weighted by atomic mass is 35.5.